The van der Waals surface area contributed by atoms with E-state index < -0.39 is 0 Å². The Balaban J connectivity index is 0.00000128. The predicted molar refractivity (Wildman–Crippen MR) is 62.2 cm³/mol. The standard InChI is InChI=1S/C12H15N2Se.ClH/c1-11-5-3-4-6-12(11)15-10-14-8-7-13(2)9-14;/h3-9H,10H2,1-2H3;1H/q+1;/p-1. The molecule has 1 aromatic carbocycles. The van der Waals surface area contributed by atoms with Crippen LogP contribution in [0.1, 0.15) is 5.56 Å². The van der Waals surface area contributed by atoms with Gasteiger partial charge in [-0.25, -0.2) is 0 Å². The Morgan fingerprint density at radius 1 is 1.31 bits per heavy atom. The molecule has 0 aliphatic carbocycles. The molecule has 0 amide bonds. The minimum Gasteiger partial charge on any atom is -1.00 e. The maximum Gasteiger partial charge on any atom is -1.00 e. The van der Waals surface area contributed by atoms with Gasteiger partial charge < -0.3 is 12.4 Å². The van der Waals surface area contributed by atoms with Crippen molar-refractivity contribution >= 4 is 19.4 Å². The summed E-state index contributed by atoms with van der Waals surface area (Å²) < 4.78 is 5.82. The monoisotopic (exact) mass is 302 g/mol. The minimum absolute atomic E-state index is 0. The summed E-state index contributed by atoms with van der Waals surface area (Å²) in [5.74, 6) is 0. The van der Waals surface area contributed by atoms with Crippen LogP contribution in [0.4, 0.5) is 0 Å². The molecule has 0 saturated heterocycles. The summed E-state index contributed by atoms with van der Waals surface area (Å²) in [5.41, 5.74) is 2.52. The second kappa shape index (κ2) is 6.09. The molecule has 0 aliphatic rings. The van der Waals surface area contributed by atoms with Crippen molar-refractivity contribution < 1.29 is 17.0 Å². The summed E-state index contributed by atoms with van der Waals surface area (Å²) in [7, 11) is 2.05. The van der Waals surface area contributed by atoms with E-state index in [9.17, 15) is 0 Å². The van der Waals surface area contributed by atoms with E-state index in [0.29, 0.717) is 15.0 Å². The molecule has 0 N–H and O–H groups in total. The summed E-state index contributed by atoms with van der Waals surface area (Å²) in [6, 6.07) is 8.65. The van der Waals surface area contributed by atoms with Gasteiger partial charge in [0, 0.05) is 0 Å². The van der Waals surface area contributed by atoms with Crippen LogP contribution in [0.2, 0.25) is 0 Å². The van der Waals surface area contributed by atoms with E-state index in [4.69, 9.17) is 0 Å². The molecule has 0 spiro atoms. The van der Waals surface area contributed by atoms with Crippen molar-refractivity contribution in [3.8, 4) is 0 Å². The molecule has 0 radical (unpaired) electrons. The third-order valence-corrected chi connectivity index (χ3v) is 4.80. The number of hydrogen-bond donors (Lipinski definition) is 0. The average Bonchev–Trinajstić information content (AvgIpc) is 2.63. The van der Waals surface area contributed by atoms with E-state index in [1.807, 2.05) is 0 Å². The first-order chi connectivity index (χ1) is 7.25. The van der Waals surface area contributed by atoms with Crippen LogP contribution in [0.3, 0.4) is 0 Å². The number of aryl methyl sites for hydroxylation is 2. The molecule has 0 bridgehead atoms. The molecule has 0 saturated carbocycles. The second-order valence-electron chi connectivity index (χ2n) is 3.63. The van der Waals surface area contributed by atoms with Crippen molar-refractivity contribution in [1.82, 2.24) is 4.57 Å². The van der Waals surface area contributed by atoms with Crippen molar-refractivity contribution in [3.05, 3.63) is 48.5 Å². The van der Waals surface area contributed by atoms with Crippen molar-refractivity contribution in [3.63, 3.8) is 0 Å². The van der Waals surface area contributed by atoms with Gasteiger partial charge in [0.25, 0.3) is 0 Å². The van der Waals surface area contributed by atoms with Crippen LogP contribution < -0.4 is 21.4 Å². The molecular formula is C12H15ClN2Se. The Kier molecular flexibility index (Phi) is 5.07. The van der Waals surface area contributed by atoms with Gasteiger partial charge in [0.2, 0.25) is 0 Å². The summed E-state index contributed by atoms with van der Waals surface area (Å²) in [4.78, 5) is 0. The van der Waals surface area contributed by atoms with Crippen molar-refractivity contribution in [2.45, 2.75) is 12.4 Å². The van der Waals surface area contributed by atoms with E-state index in [1.54, 1.807) is 0 Å². The van der Waals surface area contributed by atoms with Gasteiger partial charge in [0.1, 0.15) is 0 Å². The summed E-state index contributed by atoms with van der Waals surface area (Å²) in [5, 5.41) is 0. The molecule has 0 aliphatic heterocycles. The number of imidazole rings is 1. The van der Waals surface area contributed by atoms with Gasteiger partial charge in [-0.15, -0.1) is 0 Å². The maximum absolute atomic E-state index is 2.24. The zero-order valence-electron chi connectivity index (χ0n) is 9.43. The molecular weight excluding hydrogens is 287 g/mol. The van der Waals surface area contributed by atoms with Crippen LogP contribution in [-0.4, -0.2) is 19.5 Å². The van der Waals surface area contributed by atoms with Crippen LogP contribution in [0.15, 0.2) is 43.0 Å². The number of aromatic nitrogens is 2. The smallest absolute Gasteiger partial charge is 1.00 e. The van der Waals surface area contributed by atoms with Gasteiger partial charge in [-0.2, -0.15) is 0 Å². The normalized spacial score (nSPS) is 9.88. The van der Waals surface area contributed by atoms with E-state index in [-0.39, 0.29) is 12.4 Å². The topological polar surface area (TPSA) is 8.81 Å². The molecule has 4 heteroatoms. The molecule has 86 valence electrons. The first-order valence-corrected chi connectivity index (χ1v) is 7.02. The van der Waals surface area contributed by atoms with Crippen LogP contribution in [0.25, 0.3) is 0 Å². The molecule has 1 aromatic heterocycles. The second-order valence-corrected chi connectivity index (χ2v) is 5.70. The Hall–Kier alpha value is -0.761. The molecule has 0 atom stereocenters. The van der Waals surface area contributed by atoms with Gasteiger partial charge in [0.05, 0.1) is 0 Å². The molecule has 1 heterocycles. The fourth-order valence-electron chi connectivity index (χ4n) is 1.44. The van der Waals surface area contributed by atoms with Crippen molar-refractivity contribution in [1.29, 1.82) is 0 Å². The van der Waals surface area contributed by atoms with Gasteiger partial charge >= 0.3 is 96.5 Å². The zero-order valence-corrected chi connectivity index (χ0v) is 11.9. The van der Waals surface area contributed by atoms with Gasteiger partial charge in [-0.05, 0) is 0 Å². The SMILES string of the molecule is Cc1ccccc1[Se]Cn1cc[n+](C)c1.[Cl-]. The first kappa shape index (κ1) is 13.3. The number of hydrogen-bond acceptors (Lipinski definition) is 0. The molecule has 0 fully saturated rings. The van der Waals surface area contributed by atoms with E-state index in [1.165, 1.54) is 10.0 Å². The fourth-order valence-corrected chi connectivity index (χ4v) is 3.35. The summed E-state index contributed by atoms with van der Waals surface area (Å²) in [6.45, 7) is 2.19. The van der Waals surface area contributed by atoms with Gasteiger partial charge in [0.15, 0.2) is 0 Å². The zero-order chi connectivity index (χ0) is 10.7. The molecule has 2 rings (SSSR count). The van der Waals surface area contributed by atoms with Crippen LogP contribution in [0.5, 0.6) is 0 Å². The predicted octanol–water partition coefficient (Wildman–Crippen LogP) is -2.39. The number of benzene rings is 1. The van der Waals surface area contributed by atoms with E-state index >= 15 is 0 Å². The largest absolute Gasteiger partial charge is 1.00 e. The average molecular weight is 302 g/mol. The summed E-state index contributed by atoms with van der Waals surface area (Å²) >= 11 is 0.525. The molecule has 2 nitrogen and oxygen atoms in total. The number of rotatable bonds is 3. The van der Waals surface area contributed by atoms with E-state index in [2.05, 4.69) is 66.1 Å². The minimum atomic E-state index is 0. The first-order valence-electron chi connectivity index (χ1n) is 4.95. The van der Waals surface area contributed by atoms with Crippen LogP contribution in [0, 0.1) is 6.92 Å². The van der Waals surface area contributed by atoms with Crippen LogP contribution >= 0.6 is 0 Å². The Labute approximate surface area is 109 Å². The number of halogens is 1. The fraction of sp³-hybridized carbons (Fsp3) is 0.250. The van der Waals surface area contributed by atoms with Crippen molar-refractivity contribution in [2.75, 3.05) is 0 Å². The molecule has 2 aromatic rings. The molecule has 16 heavy (non-hydrogen) atoms. The molecule has 0 unspecified atom stereocenters. The third kappa shape index (κ3) is 3.38. The van der Waals surface area contributed by atoms with E-state index in [0.717, 1.165) is 5.44 Å². The Morgan fingerprint density at radius 2 is 2.06 bits per heavy atom. The Bertz CT molecular complexity index is 454. The van der Waals surface area contributed by atoms with Crippen LogP contribution in [-0.2, 0) is 12.5 Å². The number of nitrogens with zero attached hydrogens (tertiary/aromatic N) is 2. The summed E-state index contributed by atoms with van der Waals surface area (Å²) in [6.07, 6.45) is 6.33. The third-order valence-electron chi connectivity index (χ3n) is 2.29. The van der Waals surface area contributed by atoms with Gasteiger partial charge in [-0.3, -0.25) is 0 Å². The van der Waals surface area contributed by atoms with Crippen molar-refractivity contribution in [2.24, 2.45) is 7.05 Å². The Morgan fingerprint density at radius 3 is 2.69 bits per heavy atom. The van der Waals surface area contributed by atoms with Gasteiger partial charge in [-0.1, -0.05) is 0 Å². The maximum atomic E-state index is 2.24. The quantitative estimate of drug-likeness (QED) is 0.442.